The number of benzene rings is 1. The fourth-order valence-electron chi connectivity index (χ4n) is 1.93. The van der Waals surface area contributed by atoms with Crippen molar-refractivity contribution in [3.8, 4) is 0 Å². The van der Waals surface area contributed by atoms with Crippen LogP contribution < -0.4 is 10.6 Å². The number of carbonyl (C=O) groups is 1. The molecule has 0 spiro atoms. The summed E-state index contributed by atoms with van der Waals surface area (Å²) in [6.45, 7) is 6.34. The minimum absolute atomic E-state index is 0. The van der Waals surface area contributed by atoms with E-state index in [1.165, 1.54) is 11.1 Å². The van der Waals surface area contributed by atoms with Gasteiger partial charge in [-0.15, -0.1) is 24.0 Å². The maximum atomic E-state index is 11.6. The molecule has 1 amide bonds. The van der Waals surface area contributed by atoms with Crippen LogP contribution >= 0.6 is 24.0 Å². The van der Waals surface area contributed by atoms with Gasteiger partial charge in [-0.2, -0.15) is 0 Å². The molecule has 0 bridgehead atoms. The zero-order valence-corrected chi connectivity index (χ0v) is 17.6. The van der Waals surface area contributed by atoms with Gasteiger partial charge in [-0.25, -0.2) is 4.99 Å². The van der Waals surface area contributed by atoms with Crippen LogP contribution in [0.4, 0.5) is 0 Å². The highest BCUT2D eigenvalue weighted by molar-refractivity contribution is 14.0. The highest BCUT2D eigenvalue weighted by Crippen LogP contribution is 2.04. The van der Waals surface area contributed by atoms with Crippen LogP contribution in [0.3, 0.4) is 0 Å². The van der Waals surface area contributed by atoms with E-state index in [2.05, 4.69) is 53.7 Å². The van der Waals surface area contributed by atoms with Crippen LogP contribution in [0.25, 0.3) is 0 Å². The van der Waals surface area contributed by atoms with Crippen molar-refractivity contribution in [2.75, 3.05) is 27.2 Å². The molecule has 6 heteroatoms. The number of guanidine groups is 1. The molecule has 0 saturated heterocycles. The van der Waals surface area contributed by atoms with Gasteiger partial charge in [-0.3, -0.25) is 4.79 Å². The van der Waals surface area contributed by atoms with E-state index < -0.39 is 0 Å². The number of aryl methyl sites for hydroxylation is 1. The summed E-state index contributed by atoms with van der Waals surface area (Å²) in [6, 6.07) is 8.38. The number of hydrogen-bond acceptors (Lipinski definition) is 2. The molecule has 0 aromatic heterocycles. The molecule has 0 aliphatic carbocycles. The Labute approximate surface area is 163 Å². The van der Waals surface area contributed by atoms with Crippen LogP contribution in [0.2, 0.25) is 0 Å². The zero-order chi connectivity index (χ0) is 17.1. The summed E-state index contributed by atoms with van der Waals surface area (Å²) in [7, 11) is 3.54. The first kappa shape index (κ1) is 22.7. The number of unbranched alkanes of at least 4 members (excludes halogenated alkanes) is 1. The van der Waals surface area contributed by atoms with Crippen molar-refractivity contribution >= 4 is 35.8 Å². The van der Waals surface area contributed by atoms with Gasteiger partial charge in [0.15, 0.2) is 5.96 Å². The Kier molecular flexibility index (Phi) is 12.3. The molecular formula is C18H31IN4O. The van der Waals surface area contributed by atoms with Crippen LogP contribution in [-0.4, -0.2) is 44.0 Å². The summed E-state index contributed by atoms with van der Waals surface area (Å²) in [4.78, 5) is 17.8. The van der Waals surface area contributed by atoms with E-state index in [1.54, 1.807) is 19.0 Å². The number of hydrogen-bond donors (Lipinski definition) is 2. The zero-order valence-electron chi connectivity index (χ0n) is 15.3. The van der Waals surface area contributed by atoms with Gasteiger partial charge in [0.25, 0.3) is 0 Å². The van der Waals surface area contributed by atoms with Crippen LogP contribution in [-0.2, 0) is 11.3 Å². The van der Waals surface area contributed by atoms with Crippen LogP contribution in [0.15, 0.2) is 29.3 Å². The normalized spacial score (nSPS) is 10.8. The number of nitrogens with one attached hydrogen (secondary N) is 2. The maximum absolute atomic E-state index is 11.6. The average Bonchev–Trinajstić information content (AvgIpc) is 2.53. The molecule has 0 aliphatic heterocycles. The smallest absolute Gasteiger partial charge is 0.223 e. The molecule has 0 fully saturated rings. The van der Waals surface area contributed by atoms with Crippen LogP contribution in [0, 0.1) is 6.92 Å². The SMILES string of the molecule is CCCCNC(=NCc1ccc(C)cc1)NCCC(=O)N(C)C.I. The van der Waals surface area contributed by atoms with E-state index in [1.807, 2.05) is 0 Å². The third kappa shape index (κ3) is 9.75. The third-order valence-electron chi connectivity index (χ3n) is 3.49. The van der Waals surface area contributed by atoms with Gasteiger partial charge in [0.05, 0.1) is 6.54 Å². The number of halogens is 1. The Morgan fingerprint density at radius 2 is 1.75 bits per heavy atom. The van der Waals surface area contributed by atoms with Crippen molar-refractivity contribution in [1.29, 1.82) is 0 Å². The van der Waals surface area contributed by atoms with Crippen molar-refractivity contribution < 1.29 is 4.79 Å². The molecule has 24 heavy (non-hydrogen) atoms. The molecule has 0 heterocycles. The summed E-state index contributed by atoms with van der Waals surface area (Å²) in [5, 5.41) is 6.56. The molecule has 1 aromatic rings. The lowest BCUT2D eigenvalue weighted by atomic mass is 10.1. The second kappa shape index (κ2) is 13.0. The van der Waals surface area contributed by atoms with Crippen LogP contribution in [0.5, 0.6) is 0 Å². The second-order valence-electron chi connectivity index (χ2n) is 5.90. The first-order chi connectivity index (χ1) is 11.0. The number of aliphatic imine (C=N–C) groups is 1. The highest BCUT2D eigenvalue weighted by atomic mass is 127. The molecule has 0 saturated carbocycles. The molecule has 0 radical (unpaired) electrons. The van der Waals surface area contributed by atoms with Crippen LogP contribution in [0.1, 0.15) is 37.3 Å². The molecule has 1 aromatic carbocycles. The molecule has 5 nitrogen and oxygen atoms in total. The van der Waals surface area contributed by atoms with Gasteiger partial charge in [0.1, 0.15) is 0 Å². The summed E-state index contributed by atoms with van der Waals surface area (Å²) in [5.74, 6) is 0.884. The summed E-state index contributed by atoms with van der Waals surface area (Å²) in [6.07, 6.45) is 2.70. The summed E-state index contributed by atoms with van der Waals surface area (Å²) < 4.78 is 0. The molecular weight excluding hydrogens is 415 g/mol. The van der Waals surface area contributed by atoms with E-state index in [-0.39, 0.29) is 29.9 Å². The van der Waals surface area contributed by atoms with E-state index in [4.69, 9.17) is 0 Å². The van der Waals surface area contributed by atoms with E-state index in [0.29, 0.717) is 19.5 Å². The molecule has 1 rings (SSSR count). The number of nitrogens with zero attached hydrogens (tertiary/aromatic N) is 2. The van der Waals surface area contributed by atoms with Crippen molar-refractivity contribution in [2.45, 2.75) is 39.7 Å². The van der Waals surface area contributed by atoms with Crippen molar-refractivity contribution in [3.63, 3.8) is 0 Å². The molecule has 136 valence electrons. The third-order valence-corrected chi connectivity index (χ3v) is 3.49. The topological polar surface area (TPSA) is 56.7 Å². The fraction of sp³-hybridized carbons (Fsp3) is 0.556. The lowest BCUT2D eigenvalue weighted by Crippen LogP contribution is -2.39. The minimum Gasteiger partial charge on any atom is -0.356 e. The molecule has 0 atom stereocenters. The molecule has 0 unspecified atom stereocenters. The Morgan fingerprint density at radius 3 is 2.33 bits per heavy atom. The monoisotopic (exact) mass is 446 g/mol. The van der Waals surface area contributed by atoms with Gasteiger partial charge >= 0.3 is 0 Å². The Hall–Kier alpha value is -1.31. The highest BCUT2D eigenvalue weighted by Gasteiger charge is 2.04. The quantitative estimate of drug-likeness (QED) is 0.280. The Balaban J connectivity index is 0.00000529. The van der Waals surface area contributed by atoms with Gasteiger partial charge in [0, 0.05) is 33.6 Å². The second-order valence-corrected chi connectivity index (χ2v) is 5.90. The molecule has 2 N–H and O–H groups in total. The predicted molar refractivity (Wildman–Crippen MR) is 112 cm³/mol. The largest absolute Gasteiger partial charge is 0.356 e. The standard InChI is InChI=1S/C18H30N4O.HI/c1-5-6-12-19-18(20-13-11-17(23)22(3)4)21-14-16-9-7-15(2)8-10-16;/h7-10H,5-6,11-14H2,1-4H3,(H2,19,20,21);1H. The van der Waals surface area contributed by atoms with Gasteiger partial charge in [-0.1, -0.05) is 43.2 Å². The first-order valence-electron chi connectivity index (χ1n) is 8.30. The summed E-state index contributed by atoms with van der Waals surface area (Å²) in [5.41, 5.74) is 2.43. The number of carbonyl (C=O) groups excluding carboxylic acids is 1. The predicted octanol–water partition coefficient (Wildman–Crippen LogP) is 2.93. The van der Waals surface area contributed by atoms with Crippen molar-refractivity contribution in [1.82, 2.24) is 15.5 Å². The maximum Gasteiger partial charge on any atom is 0.223 e. The Morgan fingerprint density at radius 1 is 1.12 bits per heavy atom. The van der Waals surface area contributed by atoms with E-state index in [9.17, 15) is 4.79 Å². The van der Waals surface area contributed by atoms with Gasteiger partial charge in [-0.05, 0) is 18.9 Å². The summed E-state index contributed by atoms with van der Waals surface area (Å²) >= 11 is 0. The Bertz CT molecular complexity index is 500. The lowest BCUT2D eigenvalue weighted by Gasteiger charge is -2.14. The van der Waals surface area contributed by atoms with E-state index >= 15 is 0 Å². The first-order valence-corrected chi connectivity index (χ1v) is 8.30. The minimum atomic E-state index is 0. The van der Waals surface area contributed by atoms with Crippen molar-refractivity contribution in [3.05, 3.63) is 35.4 Å². The average molecular weight is 446 g/mol. The van der Waals surface area contributed by atoms with E-state index in [0.717, 1.165) is 25.3 Å². The van der Waals surface area contributed by atoms with Gasteiger partial charge in [0.2, 0.25) is 5.91 Å². The number of rotatable bonds is 8. The van der Waals surface area contributed by atoms with Crippen molar-refractivity contribution in [2.24, 2.45) is 4.99 Å². The molecule has 0 aliphatic rings. The lowest BCUT2D eigenvalue weighted by molar-refractivity contribution is -0.128. The number of amides is 1. The fourth-order valence-corrected chi connectivity index (χ4v) is 1.93. The van der Waals surface area contributed by atoms with Gasteiger partial charge < -0.3 is 15.5 Å².